The molecule has 4 rings (SSSR count). The molecular formula is C27H32FN5O4. The van der Waals surface area contributed by atoms with Gasteiger partial charge in [-0.15, -0.1) is 0 Å². The Hall–Kier alpha value is -3.79. The molecule has 0 unspecified atom stereocenters. The van der Waals surface area contributed by atoms with Crippen LogP contribution in [-0.4, -0.2) is 48.7 Å². The third-order valence-electron chi connectivity index (χ3n) is 6.02. The summed E-state index contributed by atoms with van der Waals surface area (Å²) in [6, 6.07) is 9.84. The van der Waals surface area contributed by atoms with Crippen LogP contribution in [-0.2, 0) is 14.3 Å². The summed E-state index contributed by atoms with van der Waals surface area (Å²) in [6.45, 7) is 7.26. The van der Waals surface area contributed by atoms with E-state index >= 15 is 0 Å². The highest BCUT2D eigenvalue weighted by molar-refractivity contribution is 6.13. The van der Waals surface area contributed by atoms with Gasteiger partial charge in [-0.05, 0) is 42.5 Å². The molecule has 3 N–H and O–H groups in total. The number of ether oxygens (including phenoxy) is 2. The zero-order valence-electron chi connectivity index (χ0n) is 21.5. The Kier molecular flexibility index (Phi) is 7.58. The molecule has 1 saturated carbocycles. The van der Waals surface area contributed by atoms with Crippen LogP contribution in [0.2, 0.25) is 0 Å². The van der Waals surface area contributed by atoms with Gasteiger partial charge in [0.15, 0.2) is 0 Å². The lowest BCUT2D eigenvalue weighted by atomic mass is 9.96. The molecule has 0 atom stereocenters. The van der Waals surface area contributed by atoms with Gasteiger partial charge in [-0.2, -0.15) is 0 Å². The first-order valence-electron chi connectivity index (χ1n) is 12.1. The zero-order chi connectivity index (χ0) is 26.6. The maximum atomic E-state index is 14.9. The quantitative estimate of drug-likeness (QED) is 0.274. The molecule has 9 nitrogen and oxygen atoms in total. The minimum Gasteiger partial charge on any atom is -0.491 e. The lowest BCUT2D eigenvalue weighted by Crippen LogP contribution is -2.42. The van der Waals surface area contributed by atoms with Crippen molar-refractivity contribution in [1.29, 1.82) is 0 Å². The van der Waals surface area contributed by atoms with Crippen LogP contribution in [0.15, 0.2) is 42.7 Å². The Bertz CT molecular complexity index is 1290. The number of nitrogens with zero attached hydrogens (tertiary/aromatic N) is 2. The van der Waals surface area contributed by atoms with Crippen LogP contribution in [0.1, 0.15) is 33.6 Å². The molecule has 2 aromatic carbocycles. The van der Waals surface area contributed by atoms with E-state index in [1.807, 2.05) is 20.8 Å². The van der Waals surface area contributed by atoms with E-state index in [1.165, 1.54) is 12.4 Å². The van der Waals surface area contributed by atoms with E-state index in [2.05, 4.69) is 25.9 Å². The van der Waals surface area contributed by atoms with Crippen molar-refractivity contribution in [3.8, 4) is 5.75 Å². The van der Waals surface area contributed by atoms with Gasteiger partial charge in [0.25, 0.3) is 0 Å². The fraction of sp³-hybridized carbons (Fsp3) is 0.407. The molecule has 2 amide bonds. The van der Waals surface area contributed by atoms with Gasteiger partial charge in [0.05, 0.1) is 17.5 Å². The maximum Gasteiger partial charge on any atom is 0.240 e. The van der Waals surface area contributed by atoms with Crippen molar-refractivity contribution in [2.75, 3.05) is 37.5 Å². The predicted octanol–water partition coefficient (Wildman–Crippen LogP) is 4.42. The summed E-state index contributed by atoms with van der Waals surface area (Å²) < 4.78 is 25.4. The number of benzene rings is 2. The lowest BCUT2D eigenvalue weighted by molar-refractivity contribution is -0.134. The first-order chi connectivity index (χ1) is 17.6. The Balaban J connectivity index is 1.42. The number of amides is 2. The summed E-state index contributed by atoms with van der Waals surface area (Å²) in [6.07, 6.45) is 2.40. The summed E-state index contributed by atoms with van der Waals surface area (Å²) >= 11 is 0. The third kappa shape index (κ3) is 6.32. The van der Waals surface area contributed by atoms with E-state index in [1.54, 1.807) is 37.4 Å². The predicted molar refractivity (Wildman–Crippen MR) is 139 cm³/mol. The van der Waals surface area contributed by atoms with Crippen LogP contribution in [0.25, 0.3) is 10.9 Å². The minimum atomic E-state index is -1.01. The van der Waals surface area contributed by atoms with Crippen molar-refractivity contribution in [2.45, 2.75) is 33.6 Å². The molecule has 0 bridgehead atoms. The number of carbonyl (C=O) groups is 2. The van der Waals surface area contributed by atoms with E-state index in [0.717, 1.165) is 0 Å². The Morgan fingerprint density at radius 1 is 1.03 bits per heavy atom. The highest BCUT2D eigenvalue weighted by Gasteiger charge is 2.56. The zero-order valence-corrected chi connectivity index (χ0v) is 21.5. The molecule has 1 aliphatic rings. The number of methoxy groups -OCH3 is 1. The normalized spacial score (nSPS) is 14.2. The molecule has 1 aromatic heterocycles. The van der Waals surface area contributed by atoms with Gasteiger partial charge < -0.3 is 25.4 Å². The first-order valence-corrected chi connectivity index (χ1v) is 12.1. The average Bonchev–Trinajstić information content (AvgIpc) is 3.66. The molecule has 0 aliphatic heterocycles. The number of rotatable bonds is 10. The van der Waals surface area contributed by atoms with Gasteiger partial charge in [-0.3, -0.25) is 9.59 Å². The Morgan fingerprint density at radius 3 is 2.38 bits per heavy atom. The maximum absolute atomic E-state index is 14.9. The van der Waals surface area contributed by atoms with Crippen LogP contribution >= 0.6 is 0 Å². The standard InChI is InChI=1S/C27H32FN5O4/c1-26(2,3)15-29-24(34)27(9-10-27)25(35)33-18-7-5-17(6-8-18)32-23-22-20(28)13-19(37-12-11-36-4)14-21(22)30-16-31-23/h5-8,13-14,16H,9-12,15H2,1-4H3,(H,29,34)(H,33,35)(H,30,31,32). The van der Waals surface area contributed by atoms with Gasteiger partial charge in [-0.25, -0.2) is 14.4 Å². The van der Waals surface area contributed by atoms with E-state index in [0.29, 0.717) is 61.1 Å². The second-order valence-corrected chi connectivity index (χ2v) is 10.3. The average molecular weight is 510 g/mol. The molecule has 1 fully saturated rings. The number of anilines is 3. The number of fused-ring (bicyclic) bond motifs is 1. The number of carbonyl (C=O) groups excluding carboxylic acids is 2. The van der Waals surface area contributed by atoms with Gasteiger partial charge in [0.2, 0.25) is 11.8 Å². The molecule has 0 spiro atoms. The number of nitrogens with one attached hydrogen (secondary N) is 3. The summed E-state index contributed by atoms with van der Waals surface area (Å²) in [7, 11) is 1.56. The number of hydrogen-bond donors (Lipinski definition) is 3. The van der Waals surface area contributed by atoms with Crippen LogP contribution in [0.4, 0.5) is 21.6 Å². The van der Waals surface area contributed by atoms with Crippen molar-refractivity contribution >= 4 is 39.9 Å². The summed E-state index contributed by atoms with van der Waals surface area (Å²) in [5.74, 6) is -0.408. The number of aromatic nitrogens is 2. The topological polar surface area (TPSA) is 114 Å². The minimum absolute atomic E-state index is 0.0664. The molecule has 1 aliphatic carbocycles. The van der Waals surface area contributed by atoms with Crippen LogP contribution in [0.3, 0.4) is 0 Å². The van der Waals surface area contributed by atoms with Crippen molar-refractivity contribution in [1.82, 2.24) is 15.3 Å². The summed E-state index contributed by atoms with van der Waals surface area (Å²) in [4.78, 5) is 33.9. The first kappa shape index (κ1) is 26.3. The Labute approximate surface area is 215 Å². The van der Waals surface area contributed by atoms with Gasteiger partial charge in [-0.1, -0.05) is 20.8 Å². The van der Waals surface area contributed by atoms with Crippen LogP contribution < -0.4 is 20.7 Å². The second kappa shape index (κ2) is 10.7. The highest BCUT2D eigenvalue weighted by Crippen LogP contribution is 2.47. The summed E-state index contributed by atoms with van der Waals surface area (Å²) in [5.41, 5.74) is 0.520. The third-order valence-corrected chi connectivity index (χ3v) is 6.02. The number of hydrogen-bond acceptors (Lipinski definition) is 7. The van der Waals surface area contributed by atoms with Gasteiger partial charge in [0.1, 0.15) is 35.7 Å². The largest absolute Gasteiger partial charge is 0.491 e. The van der Waals surface area contributed by atoms with Crippen LogP contribution in [0, 0.1) is 16.6 Å². The van der Waals surface area contributed by atoms with Crippen LogP contribution in [0.5, 0.6) is 5.75 Å². The van der Waals surface area contributed by atoms with Crippen molar-refractivity contribution in [2.24, 2.45) is 10.8 Å². The summed E-state index contributed by atoms with van der Waals surface area (Å²) in [5, 5.41) is 9.08. The molecule has 37 heavy (non-hydrogen) atoms. The van der Waals surface area contributed by atoms with E-state index in [-0.39, 0.29) is 22.6 Å². The second-order valence-electron chi connectivity index (χ2n) is 10.3. The molecule has 0 saturated heterocycles. The van der Waals surface area contributed by atoms with E-state index < -0.39 is 11.2 Å². The monoisotopic (exact) mass is 509 g/mol. The fourth-order valence-electron chi connectivity index (χ4n) is 3.76. The van der Waals surface area contributed by atoms with Crippen molar-refractivity contribution in [3.05, 3.63) is 48.5 Å². The highest BCUT2D eigenvalue weighted by atomic mass is 19.1. The van der Waals surface area contributed by atoms with Crippen molar-refractivity contribution in [3.63, 3.8) is 0 Å². The van der Waals surface area contributed by atoms with Gasteiger partial charge in [0, 0.05) is 37.2 Å². The molecule has 196 valence electrons. The molecule has 0 radical (unpaired) electrons. The van der Waals surface area contributed by atoms with E-state index in [4.69, 9.17) is 9.47 Å². The molecule has 3 aromatic rings. The molecular weight excluding hydrogens is 477 g/mol. The number of halogens is 1. The smallest absolute Gasteiger partial charge is 0.240 e. The fourth-order valence-corrected chi connectivity index (χ4v) is 3.76. The van der Waals surface area contributed by atoms with Gasteiger partial charge >= 0.3 is 0 Å². The SMILES string of the molecule is COCCOc1cc(F)c2c(Nc3ccc(NC(=O)C4(C(=O)NCC(C)(C)C)CC4)cc3)ncnc2c1. The Morgan fingerprint density at radius 2 is 1.73 bits per heavy atom. The van der Waals surface area contributed by atoms with E-state index in [9.17, 15) is 14.0 Å². The lowest BCUT2D eigenvalue weighted by Gasteiger charge is -2.21. The molecule has 10 heteroatoms. The van der Waals surface area contributed by atoms with Crippen molar-refractivity contribution < 1.29 is 23.5 Å². The molecule has 1 heterocycles.